The first-order valence-electron chi connectivity index (χ1n) is 10.9. The van der Waals surface area contributed by atoms with Crippen LogP contribution in [0.15, 0.2) is 12.4 Å². The predicted molar refractivity (Wildman–Crippen MR) is 113 cm³/mol. The molecule has 156 valence electrons. The molecule has 0 spiro atoms. The molecule has 0 aromatic carbocycles. The molecular weight excluding hydrogens is 352 g/mol. The predicted octanol–water partition coefficient (Wildman–Crippen LogP) is 1.95. The Bertz CT molecular complexity index is 614. The van der Waals surface area contributed by atoms with Crippen LogP contribution in [0.3, 0.4) is 0 Å². The summed E-state index contributed by atoms with van der Waals surface area (Å²) in [4.78, 5) is 31.2. The van der Waals surface area contributed by atoms with Crippen molar-refractivity contribution < 1.29 is 4.79 Å². The van der Waals surface area contributed by atoms with E-state index in [2.05, 4.69) is 52.5 Å². The molecule has 0 radical (unpaired) electrons. The molecule has 3 rings (SSSR count). The highest BCUT2D eigenvalue weighted by atomic mass is 16.2. The molecule has 1 amide bonds. The smallest absolute Gasteiger partial charge is 0.257 e. The van der Waals surface area contributed by atoms with Crippen LogP contribution < -0.4 is 4.90 Å². The fourth-order valence-corrected chi connectivity index (χ4v) is 4.48. The summed E-state index contributed by atoms with van der Waals surface area (Å²) in [5.74, 6) is 0.816. The number of hydrogen-bond acceptors (Lipinski definition) is 6. The lowest BCUT2D eigenvalue weighted by Crippen LogP contribution is -2.58. The van der Waals surface area contributed by atoms with Crippen LogP contribution in [0.2, 0.25) is 0 Å². The number of anilines is 1. The highest BCUT2D eigenvalue weighted by Crippen LogP contribution is 2.24. The molecule has 0 saturated carbocycles. The Hall–Kier alpha value is -1.73. The van der Waals surface area contributed by atoms with E-state index in [1.807, 2.05) is 4.90 Å². The van der Waals surface area contributed by atoms with E-state index in [0.29, 0.717) is 17.6 Å². The maximum atomic E-state index is 12.8. The standard InChI is InChI=1S/C21H36N6O/c1-5-8-25-9-11-26(12-10-25)20(28)17-13-22-21(23-14-17)27-18(6-2)15-24(4)16-19(27)7-3/h13-14,18-19H,5-12,15-16H2,1-4H3. The molecule has 0 N–H and O–H groups in total. The summed E-state index contributed by atoms with van der Waals surface area (Å²) in [5, 5.41) is 0. The normalized spacial score (nSPS) is 24.6. The first kappa shape index (κ1) is 21.0. The molecule has 0 aliphatic carbocycles. The van der Waals surface area contributed by atoms with Crippen molar-refractivity contribution in [3.63, 3.8) is 0 Å². The molecule has 2 aliphatic heterocycles. The Labute approximate surface area is 169 Å². The van der Waals surface area contributed by atoms with Gasteiger partial charge in [0.1, 0.15) is 0 Å². The first-order valence-corrected chi connectivity index (χ1v) is 10.9. The second kappa shape index (κ2) is 9.65. The largest absolute Gasteiger partial charge is 0.336 e. The molecule has 1 aromatic rings. The molecule has 2 unspecified atom stereocenters. The Morgan fingerprint density at radius 3 is 2.07 bits per heavy atom. The summed E-state index contributed by atoms with van der Waals surface area (Å²) in [7, 11) is 2.19. The van der Waals surface area contributed by atoms with Gasteiger partial charge < -0.3 is 14.7 Å². The summed E-state index contributed by atoms with van der Waals surface area (Å²) < 4.78 is 0. The molecule has 2 aliphatic rings. The minimum atomic E-state index is 0.0557. The average Bonchev–Trinajstić information content (AvgIpc) is 2.73. The van der Waals surface area contributed by atoms with Crippen molar-refractivity contribution in [1.82, 2.24) is 24.7 Å². The topological polar surface area (TPSA) is 55.8 Å². The number of rotatable bonds is 6. The van der Waals surface area contributed by atoms with Gasteiger partial charge in [0.05, 0.1) is 5.56 Å². The highest BCUT2D eigenvalue weighted by molar-refractivity contribution is 5.93. The van der Waals surface area contributed by atoms with Crippen molar-refractivity contribution in [2.45, 2.75) is 52.1 Å². The zero-order valence-corrected chi connectivity index (χ0v) is 18.0. The Balaban J connectivity index is 1.68. The van der Waals surface area contributed by atoms with Crippen LogP contribution >= 0.6 is 0 Å². The van der Waals surface area contributed by atoms with Crippen molar-refractivity contribution in [3.05, 3.63) is 18.0 Å². The van der Waals surface area contributed by atoms with E-state index in [0.717, 1.165) is 71.0 Å². The summed E-state index contributed by atoms with van der Waals surface area (Å²) in [6.45, 7) is 13.3. The molecular formula is C21H36N6O. The van der Waals surface area contributed by atoms with Crippen molar-refractivity contribution in [2.75, 3.05) is 57.8 Å². The first-order chi connectivity index (χ1) is 13.6. The summed E-state index contributed by atoms with van der Waals surface area (Å²) in [6, 6.07) is 0.828. The van der Waals surface area contributed by atoms with Gasteiger partial charge in [-0.15, -0.1) is 0 Å². The zero-order chi connectivity index (χ0) is 20.1. The molecule has 2 atom stereocenters. The molecule has 7 heteroatoms. The van der Waals surface area contributed by atoms with E-state index in [4.69, 9.17) is 0 Å². The van der Waals surface area contributed by atoms with Crippen molar-refractivity contribution in [3.8, 4) is 0 Å². The lowest BCUT2D eigenvalue weighted by Gasteiger charge is -2.45. The number of nitrogens with zero attached hydrogens (tertiary/aromatic N) is 6. The van der Waals surface area contributed by atoms with Gasteiger partial charge in [0, 0.05) is 63.7 Å². The Morgan fingerprint density at radius 2 is 1.57 bits per heavy atom. The van der Waals surface area contributed by atoms with Gasteiger partial charge in [-0.3, -0.25) is 9.69 Å². The number of amides is 1. The maximum Gasteiger partial charge on any atom is 0.257 e. The average molecular weight is 389 g/mol. The summed E-state index contributed by atoms with van der Waals surface area (Å²) in [5.41, 5.74) is 0.600. The summed E-state index contributed by atoms with van der Waals surface area (Å²) in [6.07, 6.45) is 6.73. The third kappa shape index (κ3) is 4.63. The van der Waals surface area contributed by atoms with Crippen molar-refractivity contribution in [1.29, 1.82) is 0 Å². The van der Waals surface area contributed by atoms with Crippen LogP contribution in [0.4, 0.5) is 5.95 Å². The van der Waals surface area contributed by atoms with Gasteiger partial charge in [0.2, 0.25) is 5.95 Å². The number of likely N-dealkylation sites (N-methyl/N-ethyl adjacent to an activating group) is 1. The second-order valence-electron chi connectivity index (χ2n) is 8.16. The maximum absolute atomic E-state index is 12.8. The highest BCUT2D eigenvalue weighted by Gasteiger charge is 2.33. The second-order valence-corrected chi connectivity index (χ2v) is 8.16. The SMILES string of the molecule is CCCN1CCN(C(=O)c2cnc(N3C(CC)CN(C)CC3CC)nc2)CC1. The van der Waals surface area contributed by atoms with E-state index in [1.165, 1.54) is 0 Å². The van der Waals surface area contributed by atoms with Crippen LogP contribution in [0.1, 0.15) is 50.4 Å². The van der Waals surface area contributed by atoms with E-state index in [1.54, 1.807) is 12.4 Å². The van der Waals surface area contributed by atoms with Crippen molar-refractivity contribution >= 4 is 11.9 Å². The van der Waals surface area contributed by atoms with E-state index in [9.17, 15) is 4.79 Å². The summed E-state index contributed by atoms with van der Waals surface area (Å²) >= 11 is 0. The number of aromatic nitrogens is 2. The van der Waals surface area contributed by atoms with Gasteiger partial charge in [-0.05, 0) is 32.9 Å². The molecule has 1 aromatic heterocycles. The molecule has 28 heavy (non-hydrogen) atoms. The number of carbonyl (C=O) groups excluding carboxylic acids is 1. The van der Waals surface area contributed by atoms with Gasteiger partial charge in [-0.1, -0.05) is 20.8 Å². The number of piperazine rings is 2. The Morgan fingerprint density at radius 1 is 1.00 bits per heavy atom. The quantitative estimate of drug-likeness (QED) is 0.743. The molecule has 3 heterocycles. The van der Waals surface area contributed by atoms with Crippen LogP contribution in [-0.4, -0.2) is 95.5 Å². The fourth-order valence-electron chi connectivity index (χ4n) is 4.48. The fraction of sp³-hybridized carbons (Fsp3) is 0.762. The van der Waals surface area contributed by atoms with E-state index >= 15 is 0 Å². The van der Waals surface area contributed by atoms with Gasteiger partial charge in [-0.2, -0.15) is 0 Å². The lowest BCUT2D eigenvalue weighted by atomic mass is 10.0. The van der Waals surface area contributed by atoms with Crippen LogP contribution in [0.25, 0.3) is 0 Å². The van der Waals surface area contributed by atoms with Crippen molar-refractivity contribution in [2.24, 2.45) is 0 Å². The van der Waals surface area contributed by atoms with E-state index < -0.39 is 0 Å². The zero-order valence-electron chi connectivity index (χ0n) is 18.0. The third-order valence-corrected chi connectivity index (χ3v) is 6.09. The van der Waals surface area contributed by atoms with Gasteiger partial charge in [-0.25, -0.2) is 9.97 Å². The number of hydrogen-bond donors (Lipinski definition) is 0. The van der Waals surface area contributed by atoms with Crippen LogP contribution in [0, 0.1) is 0 Å². The lowest BCUT2D eigenvalue weighted by molar-refractivity contribution is 0.0636. The van der Waals surface area contributed by atoms with Gasteiger partial charge >= 0.3 is 0 Å². The minimum absolute atomic E-state index is 0.0557. The van der Waals surface area contributed by atoms with Crippen LogP contribution in [-0.2, 0) is 0 Å². The molecule has 0 bridgehead atoms. The number of carbonyl (C=O) groups is 1. The monoisotopic (exact) mass is 388 g/mol. The minimum Gasteiger partial charge on any atom is -0.336 e. The molecule has 2 saturated heterocycles. The molecule has 7 nitrogen and oxygen atoms in total. The van der Waals surface area contributed by atoms with Gasteiger partial charge in [0.15, 0.2) is 0 Å². The van der Waals surface area contributed by atoms with Gasteiger partial charge in [0.25, 0.3) is 5.91 Å². The van der Waals surface area contributed by atoms with E-state index in [-0.39, 0.29) is 5.91 Å². The third-order valence-electron chi connectivity index (χ3n) is 6.09. The Kier molecular flexibility index (Phi) is 7.24. The van der Waals surface area contributed by atoms with Crippen LogP contribution in [0.5, 0.6) is 0 Å². The molecule has 2 fully saturated rings.